The zero-order chi connectivity index (χ0) is 12.6. The first-order valence-corrected chi connectivity index (χ1v) is 6.35. The standard InChI is InChI=1S/C12H14Cl2FNO/c13-7-4-5-8(14)10(15)9(7)11(16)12(17)6-2-1-3-6/h4-6,11-12,17H,1-3,16H2/t11-,12+/m1/s1. The van der Waals surface area contributed by atoms with E-state index >= 15 is 0 Å². The van der Waals surface area contributed by atoms with E-state index in [2.05, 4.69) is 0 Å². The third-order valence-electron chi connectivity index (χ3n) is 3.41. The lowest BCUT2D eigenvalue weighted by atomic mass is 9.77. The first-order valence-electron chi connectivity index (χ1n) is 5.59. The maximum absolute atomic E-state index is 13.9. The maximum Gasteiger partial charge on any atom is 0.148 e. The number of aliphatic hydroxyl groups is 1. The van der Waals surface area contributed by atoms with Crippen LogP contribution in [0.1, 0.15) is 30.9 Å². The van der Waals surface area contributed by atoms with Crippen molar-refractivity contribution in [3.63, 3.8) is 0 Å². The van der Waals surface area contributed by atoms with Gasteiger partial charge < -0.3 is 10.8 Å². The van der Waals surface area contributed by atoms with Crippen molar-refractivity contribution in [2.24, 2.45) is 11.7 Å². The lowest BCUT2D eigenvalue weighted by Crippen LogP contribution is -2.37. The molecule has 17 heavy (non-hydrogen) atoms. The van der Waals surface area contributed by atoms with E-state index in [1.54, 1.807) is 0 Å². The highest BCUT2D eigenvalue weighted by atomic mass is 35.5. The van der Waals surface area contributed by atoms with Crippen LogP contribution in [-0.2, 0) is 0 Å². The van der Waals surface area contributed by atoms with E-state index in [0.717, 1.165) is 19.3 Å². The molecule has 0 aromatic heterocycles. The van der Waals surface area contributed by atoms with Crippen LogP contribution in [0.2, 0.25) is 10.0 Å². The molecular weight excluding hydrogens is 264 g/mol. The molecule has 0 aliphatic heterocycles. The molecule has 0 unspecified atom stereocenters. The van der Waals surface area contributed by atoms with Crippen LogP contribution in [0.3, 0.4) is 0 Å². The van der Waals surface area contributed by atoms with Gasteiger partial charge in [0.25, 0.3) is 0 Å². The van der Waals surface area contributed by atoms with Gasteiger partial charge in [0.2, 0.25) is 0 Å². The molecule has 1 aromatic rings. The summed E-state index contributed by atoms with van der Waals surface area (Å²) in [6, 6.07) is 2.05. The number of rotatable bonds is 3. The summed E-state index contributed by atoms with van der Waals surface area (Å²) in [5.41, 5.74) is 6.00. The summed E-state index contributed by atoms with van der Waals surface area (Å²) in [5.74, 6) is -0.496. The van der Waals surface area contributed by atoms with Crippen LogP contribution < -0.4 is 5.73 Å². The number of halogens is 3. The van der Waals surface area contributed by atoms with Gasteiger partial charge in [0, 0.05) is 10.6 Å². The molecule has 5 heteroatoms. The third kappa shape index (κ3) is 2.43. The first-order chi connectivity index (χ1) is 8.02. The molecule has 0 saturated heterocycles. The molecule has 0 amide bonds. The summed E-state index contributed by atoms with van der Waals surface area (Å²) in [4.78, 5) is 0. The topological polar surface area (TPSA) is 46.2 Å². The van der Waals surface area contributed by atoms with Crippen LogP contribution >= 0.6 is 23.2 Å². The largest absolute Gasteiger partial charge is 0.391 e. The van der Waals surface area contributed by atoms with Gasteiger partial charge >= 0.3 is 0 Å². The van der Waals surface area contributed by atoms with Crippen LogP contribution in [-0.4, -0.2) is 11.2 Å². The average Bonchev–Trinajstić information content (AvgIpc) is 2.21. The van der Waals surface area contributed by atoms with E-state index in [1.807, 2.05) is 0 Å². The van der Waals surface area contributed by atoms with Gasteiger partial charge in [-0.05, 0) is 30.9 Å². The maximum atomic E-state index is 13.9. The molecule has 1 aliphatic rings. The Balaban J connectivity index is 2.29. The van der Waals surface area contributed by atoms with E-state index in [0.29, 0.717) is 0 Å². The van der Waals surface area contributed by atoms with Crippen LogP contribution in [0, 0.1) is 11.7 Å². The Bertz CT molecular complexity index is 423. The van der Waals surface area contributed by atoms with Gasteiger partial charge in [0.15, 0.2) is 0 Å². The monoisotopic (exact) mass is 277 g/mol. The molecule has 2 nitrogen and oxygen atoms in total. The van der Waals surface area contributed by atoms with Gasteiger partial charge in [-0.15, -0.1) is 0 Å². The molecule has 2 rings (SSSR count). The Kier molecular flexibility index (Phi) is 3.93. The van der Waals surface area contributed by atoms with E-state index in [-0.39, 0.29) is 21.5 Å². The van der Waals surface area contributed by atoms with Crippen molar-refractivity contribution in [1.82, 2.24) is 0 Å². The molecule has 0 bridgehead atoms. The molecular formula is C12H14Cl2FNO. The fourth-order valence-corrected chi connectivity index (χ4v) is 2.53. The Hall–Kier alpha value is -0.350. The number of hydrogen-bond donors (Lipinski definition) is 2. The molecule has 1 aromatic carbocycles. The van der Waals surface area contributed by atoms with Crippen molar-refractivity contribution in [3.8, 4) is 0 Å². The second-order valence-corrected chi connectivity index (χ2v) is 5.28. The number of hydrogen-bond acceptors (Lipinski definition) is 2. The first kappa shape index (κ1) is 13.1. The fourth-order valence-electron chi connectivity index (χ4n) is 2.09. The normalized spacial score (nSPS) is 19.8. The summed E-state index contributed by atoms with van der Waals surface area (Å²) < 4.78 is 13.9. The van der Waals surface area contributed by atoms with Gasteiger partial charge in [0.05, 0.1) is 17.2 Å². The summed E-state index contributed by atoms with van der Waals surface area (Å²) >= 11 is 11.6. The number of benzene rings is 1. The minimum absolute atomic E-state index is 0.0272. The van der Waals surface area contributed by atoms with Crippen molar-refractivity contribution >= 4 is 23.2 Å². The molecule has 1 fully saturated rings. The SMILES string of the molecule is N[C@H](c1c(Cl)ccc(Cl)c1F)[C@@H](O)C1CCC1. The minimum atomic E-state index is -0.827. The van der Waals surface area contributed by atoms with Crippen LogP contribution in [0.15, 0.2) is 12.1 Å². The molecule has 3 N–H and O–H groups in total. The van der Waals surface area contributed by atoms with E-state index in [4.69, 9.17) is 28.9 Å². The van der Waals surface area contributed by atoms with Crippen LogP contribution in [0.4, 0.5) is 4.39 Å². The van der Waals surface area contributed by atoms with Crippen molar-refractivity contribution < 1.29 is 9.50 Å². The Labute approximate surface area is 110 Å². The lowest BCUT2D eigenvalue weighted by Gasteiger charge is -2.34. The zero-order valence-corrected chi connectivity index (χ0v) is 10.7. The number of nitrogens with two attached hydrogens (primary N) is 1. The highest BCUT2D eigenvalue weighted by Crippen LogP contribution is 2.37. The second-order valence-electron chi connectivity index (χ2n) is 4.46. The van der Waals surface area contributed by atoms with Gasteiger partial charge in [-0.25, -0.2) is 4.39 Å². The second kappa shape index (κ2) is 5.11. The molecule has 1 saturated carbocycles. The predicted molar refractivity (Wildman–Crippen MR) is 66.7 cm³/mol. The van der Waals surface area contributed by atoms with Crippen molar-refractivity contribution in [2.75, 3.05) is 0 Å². The Morgan fingerprint density at radius 2 is 1.88 bits per heavy atom. The molecule has 2 atom stereocenters. The number of aliphatic hydroxyl groups excluding tert-OH is 1. The van der Waals surface area contributed by atoms with Gasteiger partial charge in [-0.3, -0.25) is 0 Å². The van der Waals surface area contributed by atoms with E-state index < -0.39 is 18.0 Å². The average molecular weight is 278 g/mol. The highest BCUT2D eigenvalue weighted by molar-refractivity contribution is 6.33. The lowest BCUT2D eigenvalue weighted by molar-refractivity contribution is 0.0405. The third-order valence-corrected chi connectivity index (χ3v) is 4.04. The van der Waals surface area contributed by atoms with Crippen LogP contribution in [0.5, 0.6) is 0 Å². The fraction of sp³-hybridized carbons (Fsp3) is 0.500. The van der Waals surface area contributed by atoms with E-state index in [1.165, 1.54) is 12.1 Å². The Morgan fingerprint density at radius 3 is 2.41 bits per heavy atom. The zero-order valence-electron chi connectivity index (χ0n) is 9.17. The minimum Gasteiger partial charge on any atom is -0.391 e. The van der Waals surface area contributed by atoms with Gasteiger partial charge in [-0.1, -0.05) is 29.6 Å². The molecule has 1 aliphatic carbocycles. The summed E-state index contributed by atoms with van der Waals surface area (Å²) in [6.45, 7) is 0. The van der Waals surface area contributed by atoms with Crippen LogP contribution in [0.25, 0.3) is 0 Å². The smallest absolute Gasteiger partial charge is 0.148 e. The van der Waals surface area contributed by atoms with Crippen molar-refractivity contribution in [2.45, 2.75) is 31.4 Å². The van der Waals surface area contributed by atoms with Gasteiger partial charge in [-0.2, -0.15) is 0 Å². The molecule has 0 radical (unpaired) electrons. The Morgan fingerprint density at radius 1 is 1.29 bits per heavy atom. The van der Waals surface area contributed by atoms with E-state index in [9.17, 15) is 9.50 Å². The molecule has 94 valence electrons. The highest BCUT2D eigenvalue weighted by Gasteiger charge is 2.33. The predicted octanol–water partition coefficient (Wildman–Crippen LogP) is 3.29. The summed E-state index contributed by atoms with van der Waals surface area (Å²) in [5, 5.41) is 10.2. The summed E-state index contributed by atoms with van der Waals surface area (Å²) in [6.07, 6.45) is 2.16. The van der Waals surface area contributed by atoms with Gasteiger partial charge in [0.1, 0.15) is 5.82 Å². The summed E-state index contributed by atoms with van der Waals surface area (Å²) in [7, 11) is 0. The molecule has 0 spiro atoms. The molecule has 0 heterocycles. The van der Waals surface area contributed by atoms with Crippen molar-refractivity contribution in [3.05, 3.63) is 33.6 Å². The quantitative estimate of drug-likeness (QED) is 0.833. The van der Waals surface area contributed by atoms with Crippen molar-refractivity contribution in [1.29, 1.82) is 0 Å².